The molecule has 0 fully saturated rings. The summed E-state index contributed by atoms with van der Waals surface area (Å²) in [6, 6.07) is 8.92. The first-order valence-corrected chi connectivity index (χ1v) is 7.21. The van der Waals surface area contributed by atoms with Crippen molar-refractivity contribution in [1.29, 1.82) is 0 Å². The van der Waals surface area contributed by atoms with Crippen molar-refractivity contribution in [2.75, 3.05) is 17.2 Å². The number of amides is 1. The van der Waals surface area contributed by atoms with E-state index < -0.39 is 11.7 Å². The van der Waals surface area contributed by atoms with Crippen LogP contribution in [-0.2, 0) is 11.0 Å². The standard InChI is InChI=1S/C16H17F3N4O.2ClH/c1-10(8-20)15(24)23-13-5-3-12(4-6-13)22-14-7-2-11(9-21-14)16(17,18)19;;/h2-7,9-10H,8,20H2,1H3,(H,21,22)(H,23,24);2*1H. The van der Waals surface area contributed by atoms with Gasteiger partial charge in [-0.15, -0.1) is 24.8 Å². The Bertz CT molecular complexity index is 694. The Morgan fingerprint density at radius 3 is 2.15 bits per heavy atom. The number of rotatable bonds is 5. The fourth-order valence-electron chi connectivity index (χ4n) is 1.79. The molecule has 0 bridgehead atoms. The average molecular weight is 411 g/mol. The zero-order valence-electron chi connectivity index (χ0n) is 13.7. The van der Waals surface area contributed by atoms with Gasteiger partial charge in [-0.2, -0.15) is 13.2 Å². The summed E-state index contributed by atoms with van der Waals surface area (Å²) in [6.07, 6.45) is -3.64. The van der Waals surface area contributed by atoms with Crippen LogP contribution in [0.2, 0.25) is 0 Å². The molecule has 0 saturated heterocycles. The number of carbonyl (C=O) groups excluding carboxylic acids is 1. The van der Waals surface area contributed by atoms with E-state index in [0.29, 0.717) is 11.4 Å². The van der Waals surface area contributed by atoms with Crippen molar-refractivity contribution in [1.82, 2.24) is 4.98 Å². The molecule has 0 aliphatic rings. The second kappa shape index (κ2) is 10.2. The van der Waals surface area contributed by atoms with E-state index in [4.69, 9.17) is 5.73 Å². The molecular weight excluding hydrogens is 392 g/mol. The summed E-state index contributed by atoms with van der Waals surface area (Å²) >= 11 is 0. The number of hydrogen-bond donors (Lipinski definition) is 3. The molecular formula is C16H19Cl2F3N4O. The van der Waals surface area contributed by atoms with Crippen molar-refractivity contribution in [3.63, 3.8) is 0 Å². The number of nitrogens with two attached hydrogens (primary N) is 1. The third-order valence-electron chi connectivity index (χ3n) is 3.32. The minimum atomic E-state index is -4.41. The van der Waals surface area contributed by atoms with Gasteiger partial charge in [-0.1, -0.05) is 6.92 Å². The summed E-state index contributed by atoms with van der Waals surface area (Å²) in [5, 5.41) is 5.61. The number of aromatic nitrogens is 1. The number of halogens is 5. The van der Waals surface area contributed by atoms with Crippen LogP contribution in [-0.4, -0.2) is 17.4 Å². The highest BCUT2D eigenvalue weighted by atomic mass is 35.5. The molecule has 0 spiro atoms. The minimum absolute atomic E-state index is 0. The second-order valence-corrected chi connectivity index (χ2v) is 5.26. The molecule has 0 aliphatic heterocycles. The van der Waals surface area contributed by atoms with Crippen molar-refractivity contribution in [2.24, 2.45) is 11.7 Å². The van der Waals surface area contributed by atoms with Crippen molar-refractivity contribution in [3.05, 3.63) is 48.2 Å². The van der Waals surface area contributed by atoms with E-state index in [1.807, 2.05) is 0 Å². The highest BCUT2D eigenvalue weighted by Crippen LogP contribution is 2.29. The topological polar surface area (TPSA) is 80.0 Å². The van der Waals surface area contributed by atoms with Crippen LogP contribution < -0.4 is 16.4 Å². The van der Waals surface area contributed by atoms with Gasteiger partial charge in [-0.3, -0.25) is 4.79 Å². The van der Waals surface area contributed by atoms with E-state index in [1.165, 1.54) is 6.07 Å². The SMILES string of the molecule is CC(CN)C(=O)Nc1ccc(Nc2ccc(C(F)(F)F)cn2)cc1.Cl.Cl. The van der Waals surface area contributed by atoms with Gasteiger partial charge in [0.25, 0.3) is 0 Å². The van der Waals surface area contributed by atoms with Crippen molar-refractivity contribution in [2.45, 2.75) is 13.1 Å². The lowest BCUT2D eigenvalue weighted by molar-refractivity contribution is -0.137. The second-order valence-electron chi connectivity index (χ2n) is 5.26. The van der Waals surface area contributed by atoms with Gasteiger partial charge in [0.15, 0.2) is 0 Å². The van der Waals surface area contributed by atoms with Gasteiger partial charge < -0.3 is 16.4 Å². The monoisotopic (exact) mass is 410 g/mol. The summed E-state index contributed by atoms with van der Waals surface area (Å²) in [5.41, 5.74) is 5.86. The van der Waals surface area contributed by atoms with Gasteiger partial charge >= 0.3 is 6.18 Å². The molecule has 4 N–H and O–H groups in total. The third kappa shape index (κ3) is 6.70. The molecule has 5 nitrogen and oxygen atoms in total. The molecule has 0 aliphatic carbocycles. The van der Waals surface area contributed by atoms with E-state index in [2.05, 4.69) is 15.6 Å². The predicted molar refractivity (Wildman–Crippen MR) is 100 cm³/mol. The van der Waals surface area contributed by atoms with E-state index in [-0.39, 0.29) is 49.0 Å². The zero-order valence-corrected chi connectivity index (χ0v) is 15.3. The number of benzene rings is 1. The lowest BCUT2D eigenvalue weighted by atomic mass is 10.1. The first-order chi connectivity index (χ1) is 11.3. The number of alkyl halides is 3. The van der Waals surface area contributed by atoms with Crippen LogP contribution in [0.1, 0.15) is 12.5 Å². The minimum Gasteiger partial charge on any atom is -0.340 e. The zero-order chi connectivity index (χ0) is 17.7. The van der Waals surface area contributed by atoms with E-state index in [0.717, 1.165) is 12.3 Å². The Kier molecular flexibility index (Phi) is 9.40. The predicted octanol–water partition coefficient (Wildman–Crippen LogP) is 4.22. The molecule has 1 heterocycles. The maximum Gasteiger partial charge on any atom is 0.417 e. The molecule has 1 unspecified atom stereocenters. The average Bonchev–Trinajstić information content (AvgIpc) is 2.55. The van der Waals surface area contributed by atoms with Crippen molar-refractivity contribution >= 4 is 47.9 Å². The molecule has 1 aromatic carbocycles. The van der Waals surface area contributed by atoms with E-state index in [1.54, 1.807) is 31.2 Å². The largest absolute Gasteiger partial charge is 0.417 e. The fourth-order valence-corrected chi connectivity index (χ4v) is 1.79. The van der Waals surface area contributed by atoms with Crippen molar-refractivity contribution < 1.29 is 18.0 Å². The molecule has 1 atom stereocenters. The Morgan fingerprint density at radius 2 is 1.69 bits per heavy atom. The van der Waals surface area contributed by atoms with Crippen LogP contribution in [0.5, 0.6) is 0 Å². The Hall–Kier alpha value is -2.03. The summed E-state index contributed by atoms with van der Waals surface area (Å²) in [6.45, 7) is 1.98. The first-order valence-electron chi connectivity index (χ1n) is 7.21. The smallest absolute Gasteiger partial charge is 0.340 e. The number of nitrogens with one attached hydrogen (secondary N) is 2. The number of anilines is 3. The molecule has 2 rings (SSSR count). The maximum atomic E-state index is 12.5. The number of carbonyl (C=O) groups is 1. The summed E-state index contributed by atoms with van der Waals surface area (Å²) < 4.78 is 37.4. The van der Waals surface area contributed by atoms with Crippen molar-refractivity contribution in [3.8, 4) is 0 Å². The molecule has 2 aromatic rings. The van der Waals surface area contributed by atoms with E-state index >= 15 is 0 Å². The number of nitrogens with zero attached hydrogens (tertiary/aromatic N) is 1. The quantitative estimate of drug-likeness (QED) is 0.689. The summed E-state index contributed by atoms with van der Waals surface area (Å²) in [5.74, 6) is -0.182. The Balaban J connectivity index is 0.00000312. The van der Waals surface area contributed by atoms with Crippen LogP contribution in [0.25, 0.3) is 0 Å². The molecule has 1 aromatic heterocycles. The molecule has 26 heavy (non-hydrogen) atoms. The van der Waals surface area contributed by atoms with Crippen LogP contribution in [0.4, 0.5) is 30.4 Å². The Labute approximate surface area is 161 Å². The lowest BCUT2D eigenvalue weighted by Gasteiger charge is -2.11. The molecule has 10 heteroatoms. The van der Waals surface area contributed by atoms with E-state index in [9.17, 15) is 18.0 Å². The third-order valence-corrected chi connectivity index (χ3v) is 3.32. The van der Waals surface area contributed by atoms with Crippen LogP contribution in [0.3, 0.4) is 0 Å². The Morgan fingerprint density at radius 1 is 1.12 bits per heavy atom. The van der Waals surface area contributed by atoms with Gasteiger partial charge in [0, 0.05) is 30.0 Å². The highest BCUT2D eigenvalue weighted by molar-refractivity contribution is 5.92. The molecule has 0 saturated carbocycles. The van der Waals surface area contributed by atoms with Gasteiger partial charge in [0.05, 0.1) is 5.56 Å². The lowest BCUT2D eigenvalue weighted by Crippen LogP contribution is -2.26. The van der Waals surface area contributed by atoms with Crippen LogP contribution in [0.15, 0.2) is 42.6 Å². The summed E-state index contributed by atoms with van der Waals surface area (Å²) in [4.78, 5) is 15.5. The fraction of sp³-hybridized carbons (Fsp3) is 0.250. The molecule has 0 radical (unpaired) electrons. The first kappa shape index (κ1) is 24.0. The van der Waals surface area contributed by atoms with Gasteiger partial charge in [-0.05, 0) is 36.4 Å². The van der Waals surface area contributed by atoms with Gasteiger partial charge in [0.1, 0.15) is 5.82 Å². The molecule has 1 amide bonds. The van der Waals surface area contributed by atoms with Gasteiger partial charge in [-0.25, -0.2) is 4.98 Å². The van der Waals surface area contributed by atoms with Gasteiger partial charge in [0.2, 0.25) is 5.91 Å². The van der Waals surface area contributed by atoms with Crippen LogP contribution >= 0.6 is 24.8 Å². The maximum absolute atomic E-state index is 12.5. The van der Waals surface area contributed by atoms with Crippen LogP contribution in [0, 0.1) is 5.92 Å². The highest BCUT2D eigenvalue weighted by Gasteiger charge is 2.30. The summed E-state index contributed by atoms with van der Waals surface area (Å²) in [7, 11) is 0. The normalized spacial score (nSPS) is 11.6. The number of pyridine rings is 1. The molecule has 144 valence electrons. The number of hydrogen-bond acceptors (Lipinski definition) is 4.